The minimum Gasteiger partial charge on any atom is -0.495 e. The van der Waals surface area contributed by atoms with Crippen molar-refractivity contribution in [1.29, 1.82) is 0 Å². The Morgan fingerprint density at radius 1 is 1.07 bits per heavy atom. The largest absolute Gasteiger partial charge is 0.495 e. The number of benzene rings is 2. The molecule has 0 radical (unpaired) electrons. The van der Waals surface area contributed by atoms with Gasteiger partial charge in [0.1, 0.15) is 11.5 Å². The van der Waals surface area contributed by atoms with Crippen LogP contribution >= 0.6 is 15.9 Å². The molecule has 1 aromatic heterocycles. The predicted octanol–water partition coefficient (Wildman–Crippen LogP) is 4.50. The summed E-state index contributed by atoms with van der Waals surface area (Å²) >= 11 is 3.18. The van der Waals surface area contributed by atoms with Crippen LogP contribution in [0.2, 0.25) is 0 Å². The molecule has 0 unspecified atom stereocenters. The summed E-state index contributed by atoms with van der Waals surface area (Å²) in [6.45, 7) is 0. The Morgan fingerprint density at radius 2 is 1.79 bits per heavy atom. The SMILES string of the molecule is COc1ccccc1NS(=O)(=O)c1ccc(NC(=O)C=Cc2ccc(Br)o2)cc1. The Morgan fingerprint density at radius 3 is 2.45 bits per heavy atom. The molecule has 29 heavy (non-hydrogen) atoms. The topological polar surface area (TPSA) is 97.6 Å². The third kappa shape index (κ3) is 5.49. The van der Waals surface area contributed by atoms with Crippen molar-refractivity contribution in [2.75, 3.05) is 17.1 Å². The van der Waals surface area contributed by atoms with E-state index >= 15 is 0 Å². The number of sulfonamides is 1. The zero-order valence-corrected chi connectivity index (χ0v) is 17.7. The van der Waals surface area contributed by atoms with Crippen LogP contribution in [0.15, 0.2) is 80.7 Å². The maximum absolute atomic E-state index is 12.6. The number of anilines is 2. The van der Waals surface area contributed by atoms with Crippen LogP contribution in [0.1, 0.15) is 5.76 Å². The van der Waals surface area contributed by atoms with Crippen LogP contribution in [0.4, 0.5) is 11.4 Å². The van der Waals surface area contributed by atoms with Crippen LogP contribution in [0, 0.1) is 0 Å². The highest BCUT2D eigenvalue weighted by Gasteiger charge is 2.16. The highest BCUT2D eigenvalue weighted by atomic mass is 79.9. The number of para-hydroxylation sites is 2. The van der Waals surface area contributed by atoms with Crippen molar-refractivity contribution in [1.82, 2.24) is 0 Å². The summed E-state index contributed by atoms with van der Waals surface area (Å²) in [5.74, 6) is 0.562. The molecule has 2 aromatic carbocycles. The fourth-order valence-electron chi connectivity index (χ4n) is 2.41. The summed E-state index contributed by atoms with van der Waals surface area (Å²) in [4.78, 5) is 12.0. The molecule has 0 saturated carbocycles. The minimum absolute atomic E-state index is 0.0531. The monoisotopic (exact) mass is 476 g/mol. The number of amides is 1. The van der Waals surface area contributed by atoms with Crippen LogP contribution in [0.5, 0.6) is 5.75 Å². The van der Waals surface area contributed by atoms with Crippen molar-refractivity contribution in [2.45, 2.75) is 4.90 Å². The lowest BCUT2D eigenvalue weighted by molar-refractivity contribution is -0.111. The molecule has 0 aliphatic heterocycles. The van der Waals surface area contributed by atoms with Gasteiger partial charge in [-0.1, -0.05) is 12.1 Å². The van der Waals surface area contributed by atoms with Crippen LogP contribution in [0.25, 0.3) is 6.08 Å². The molecular formula is C20H17BrN2O5S. The van der Waals surface area contributed by atoms with E-state index < -0.39 is 10.0 Å². The van der Waals surface area contributed by atoms with E-state index in [0.29, 0.717) is 27.6 Å². The number of hydrogen-bond donors (Lipinski definition) is 2. The van der Waals surface area contributed by atoms with Crippen molar-refractivity contribution in [3.05, 3.63) is 77.2 Å². The van der Waals surface area contributed by atoms with E-state index in [9.17, 15) is 13.2 Å². The standard InChI is InChI=1S/C20H17BrN2O5S/c1-27-18-5-3-2-4-17(18)23-29(25,26)16-10-6-14(7-11-16)22-20(24)13-9-15-8-12-19(21)28-15/h2-13,23H,1H3,(H,22,24). The van der Waals surface area contributed by atoms with E-state index in [0.717, 1.165) is 0 Å². The Kier molecular flexibility index (Phi) is 6.40. The molecule has 0 fully saturated rings. The van der Waals surface area contributed by atoms with Crippen molar-refractivity contribution < 1.29 is 22.4 Å². The fraction of sp³-hybridized carbons (Fsp3) is 0.0500. The zero-order chi connectivity index (χ0) is 20.9. The van der Waals surface area contributed by atoms with Gasteiger partial charge in [-0.3, -0.25) is 9.52 Å². The van der Waals surface area contributed by atoms with E-state index in [4.69, 9.17) is 9.15 Å². The molecule has 150 valence electrons. The third-order valence-electron chi connectivity index (χ3n) is 3.78. The lowest BCUT2D eigenvalue weighted by Crippen LogP contribution is -2.14. The van der Waals surface area contributed by atoms with Gasteiger partial charge < -0.3 is 14.5 Å². The summed E-state index contributed by atoms with van der Waals surface area (Å²) in [6.07, 6.45) is 2.84. The molecular weight excluding hydrogens is 460 g/mol. The van der Waals surface area contributed by atoms with Crippen LogP contribution < -0.4 is 14.8 Å². The van der Waals surface area contributed by atoms with Gasteiger partial charge in [0.15, 0.2) is 4.67 Å². The second kappa shape index (κ2) is 8.97. The Bertz CT molecular complexity index is 1140. The average Bonchev–Trinajstić information content (AvgIpc) is 3.12. The summed E-state index contributed by atoms with van der Waals surface area (Å²) in [5, 5.41) is 2.65. The van der Waals surface area contributed by atoms with Gasteiger partial charge >= 0.3 is 0 Å². The first-order valence-corrected chi connectivity index (χ1v) is 10.7. The van der Waals surface area contributed by atoms with Crippen LogP contribution in [-0.4, -0.2) is 21.4 Å². The van der Waals surface area contributed by atoms with Gasteiger partial charge in [0.05, 0.1) is 17.7 Å². The highest BCUT2D eigenvalue weighted by molar-refractivity contribution is 9.10. The van der Waals surface area contributed by atoms with Gasteiger partial charge in [-0.25, -0.2) is 8.42 Å². The number of carbonyl (C=O) groups is 1. The lowest BCUT2D eigenvalue weighted by atomic mass is 10.3. The van der Waals surface area contributed by atoms with E-state index in [1.165, 1.54) is 43.5 Å². The molecule has 1 heterocycles. The first-order chi connectivity index (χ1) is 13.9. The van der Waals surface area contributed by atoms with Crippen molar-refractivity contribution >= 4 is 49.3 Å². The molecule has 3 aromatic rings. The minimum atomic E-state index is -3.81. The van der Waals surface area contributed by atoms with Crippen LogP contribution in [-0.2, 0) is 14.8 Å². The molecule has 0 aliphatic rings. The van der Waals surface area contributed by atoms with Crippen LogP contribution in [0.3, 0.4) is 0 Å². The molecule has 0 aliphatic carbocycles. The maximum Gasteiger partial charge on any atom is 0.262 e. The average molecular weight is 477 g/mol. The normalized spacial score (nSPS) is 11.4. The quantitative estimate of drug-likeness (QED) is 0.489. The number of ether oxygens (including phenoxy) is 1. The number of rotatable bonds is 7. The number of hydrogen-bond acceptors (Lipinski definition) is 5. The van der Waals surface area contributed by atoms with Gasteiger partial charge in [0, 0.05) is 11.8 Å². The summed E-state index contributed by atoms with van der Waals surface area (Å²) < 4.78 is 38.7. The van der Waals surface area contributed by atoms with E-state index in [2.05, 4.69) is 26.0 Å². The molecule has 0 saturated heterocycles. The number of carbonyl (C=O) groups excluding carboxylic acids is 1. The molecule has 0 atom stereocenters. The second-order valence-corrected chi connectivity index (χ2v) is 8.26. The molecule has 3 rings (SSSR count). The van der Waals surface area contributed by atoms with Crippen molar-refractivity contribution in [3.63, 3.8) is 0 Å². The highest BCUT2D eigenvalue weighted by Crippen LogP contribution is 2.26. The van der Waals surface area contributed by atoms with Gasteiger partial charge in [0.25, 0.3) is 10.0 Å². The summed E-state index contributed by atoms with van der Waals surface area (Å²) in [6, 6.07) is 16.0. The van der Waals surface area contributed by atoms with E-state index in [-0.39, 0.29) is 10.8 Å². The number of nitrogens with one attached hydrogen (secondary N) is 2. The molecule has 1 amide bonds. The smallest absolute Gasteiger partial charge is 0.262 e. The molecule has 9 heteroatoms. The third-order valence-corrected chi connectivity index (χ3v) is 5.58. The maximum atomic E-state index is 12.6. The number of halogens is 1. The molecule has 2 N–H and O–H groups in total. The van der Waals surface area contributed by atoms with E-state index in [1.54, 1.807) is 36.4 Å². The second-order valence-electron chi connectivity index (χ2n) is 5.79. The number of methoxy groups -OCH3 is 1. The Hall–Kier alpha value is -3.04. The predicted molar refractivity (Wildman–Crippen MR) is 114 cm³/mol. The summed E-state index contributed by atoms with van der Waals surface area (Å²) in [7, 11) is -2.35. The Labute approximate surface area is 176 Å². The lowest BCUT2D eigenvalue weighted by Gasteiger charge is -2.12. The fourth-order valence-corrected chi connectivity index (χ4v) is 3.80. The van der Waals surface area contributed by atoms with Gasteiger partial charge in [-0.05, 0) is 70.5 Å². The molecule has 0 spiro atoms. The molecule has 0 bridgehead atoms. The summed E-state index contributed by atoms with van der Waals surface area (Å²) in [5.41, 5.74) is 0.790. The zero-order valence-electron chi connectivity index (χ0n) is 15.3. The number of furan rings is 1. The van der Waals surface area contributed by atoms with Crippen molar-refractivity contribution in [3.8, 4) is 5.75 Å². The first kappa shape index (κ1) is 20.7. The van der Waals surface area contributed by atoms with Gasteiger partial charge in [-0.2, -0.15) is 0 Å². The first-order valence-electron chi connectivity index (χ1n) is 8.38. The van der Waals surface area contributed by atoms with Gasteiger partial charge in [-0.15, -0.1) is 0 Å². The van der Waals surface area contributed by atoms with E-state index in [1.807, 2.05) is 0 Å². The Balaban J connectivity index is 1.67. The van der Waals surface area contributed by atoms with Crippen molar-refractivity contribution in [2.24, 2.45) is 0 Å². The van der Waals surface area contributed by atoms with Gasteiger partial charge in [0.2, 0.25) is 5.91 Å². The molecule has 7 nitrogen and oxygen atoms in total.